The third kappa shape index (κ3) is 3.47. The monoisotopic (exact) mass is 441 g/mol. The van der Waals surface area contributed by atoms with Crippen LogP contribution < -0.4 is 4.57 Å². The molecule has 0 amide bonds. The van der Waals surface area contributed by atoms with Gasteiger partial charge in [-0.15, -0.1) is 0 Å². The molecule has 0 aliphatic heterocycles. The predicted molar refractivity (Wildman–Crippen MR) is 134 cm³/mol. The summed E-state index contributed by atoms with van der Waals surface area (Å²) >= 11 is 0. The van der Waals surface area contributed by atoms with Crippen molar-refractivity contribution in [2.24, 2.45) is 5.11 Å². The summed E-state index contributed by atoms with van der Waals surface area (Å²) in [6.07, 6.45) is 12.6. The molecule has 0 saturated heterocycles. The van der Waals surface area contributed by atoms with Crippen LogP contribution in [0.4, 0.5) is 0 Å². The van der Waals surface area contributed by atoms with Crippen LogP contribution in [-0.2, 0) is 0 Å². The van der Waals surface area contributed by atoms with Gasteiger partial charge in [-0.1, -0.05) is 29.4 Å². The first-order valence-electron chi connectivity index (χ1n) is 11.3. The first-order chi connectivity index (χ1) is 16.8. The molecule has 6 aromatic rings. The Morgan fingerprint density at radius 3 is 1.97 bits per heavy atom. The number of aromatic nitrogens is 3. The lowest BCUT2D eigenvalue weighted by atomic mass is 9.89. The Bertz CT molecular complexity index is 1590. The second kappa shape index (κ2) is 8.43. The van der Waals surface area contributed by atoms with Gasteiger partial charge in [0.25, 0.3) is 0 Å². The van der Waals surface area contributed by atoms with E-state index >= 15 is 0 Å². The fourth-order valence-electron chi connectivity index (χ4n) is 4.95. The largest absolute Gasteiger partial charge is 0.265 e. The average molecular weight is 442 g/mol. The van der Waals surface area contributed by atoms with Crippen molar-refractivity contribution in [2.45, 2.75) is 12.3 Å². The highest BCUT2D eigenvalue weighted by molar-refractivity contribution is 6.22. The van der Waals surface area contributed by atoms with Crippen molar-refractivity contribution in [3.05, 3.63) is 119 Å². The topological polar surface area (TPSA) is 78.4 Å². The summed E-state index contributed by atoms with van der Waals surface area (Å²) in [5.74, 6) is 0.145. The Kier molecular flexibility index (Phi) is 4.98. The molecule has 34 heavy (non-hydrogen) atoms. The molecule has 3 aromatic heterocycles. The lowest BCUT2D eigenvalue weighted by Crippen LogP contribution is -2.29. The molecule has 6 heteroatoms. The van der Waals surface area contributed by atoms with Crippen LogP contribution in [0.3, 0.4) is 0 Å². The van der Waals surface area contributed by atoms with E-state index in [2.05, 4.69) is 85.5 Å². The van der Waals surface area contributed by atoms with Crippen LogP contribution >= 0.6 is 0 Å². The molecule has 0 saturated carbocycles. The maximum Gasteiger partial charge on any atom is 0.210 e. The van der Waals surface area contributed by atoms with Crippen LogP contribution in [0.1, 0.15) is 23.5 Å². The van der Waals surface area contributed by atoms with Crippen molar-refractivity contribution in [1.29, 1.82) is 0 Å². The first kappa shape index (κ1) is 20.1. The molecule has 0 N–H and O–H groups in total. The molecule has 3 aromatic carbocycles. The zero-order valence-electron chi connectivity index (χ0n) is 18.4. The molecule has 0 aliphatic rings. The quantitative estimate of drug-likeness (QED) is 0.0974. The highest BCUT2D eigenvalue weighted by Gasteiger charge is 2.17. The van der Waals surface area contributed by atoms with Crippen molar-refractivity contribution in [3.63, 3.8) is 0 Å². The Hall–Kier alpha value is -4.54. The maximum absolute atomic E-state index is 8.70. The van der Waals surface area contributed by atoms with Crippen LogP contribution in [0, 0.1) is 0 Å². The molecule has 0 fully saturated rings. The average Bonchev–Trinajstić information content (AvgIpc) is 2.90. The number of nitrogens with zero attached hydrogens (tertiary/aromatic N) is 6. The first-order valence-corrected chi connectivity index (χ1v) is 11.3. The number of hydrogen-bond donors (Lipinski definition) is 0. The number of pyridine rings is 3. The minimum absolute atomic E-state index is 0.145. The fourth-order valence-corrected chi connectivity index (χ4v) is 4.95. The van der Waals surface area contributed by atoms with Crippen molar-refractivity contribution >= 4 is 32.3 Å². The van der Waals surface area contributed by atoms with Crippen LogP contribution in [0.2, 0.25) is 0 Å². The number of benzene rings is 3. The summed E-state index contributed by atoms with van der Waals surface area (Å²) in [6, 6.07) is 21.3. The summed E-state index contributed by atoms with van der Waals surface area (Å²) in [7, 11) is 0. The van der Waals surface area contributed by atoms with E-state index in [1.165, 1.54) is 43.4 Å². The third-order valence-electron chi connectivity index (χ3n) is 6.56. The Morgan fingerprint density at radius 1 is 0.735 bits per heavy atom. The number of hydrogen-bond acceptors (Lipinski definition) is 3. The third-order valence-corrected chi connectivity index (χ3v) is 6.56. The summed E-state index contributed by atoms with van der Waals surface area (Å²) in [6.45, 7) is 0.450. The normalized spacial score (nSPS) is 12.2. The van der Waals surface area contributed by atoms with Gasteiger partial charge in [-0.3, -0.25) is 9.97 Å². The van der Waals surface area contributed by atoms with Gasteiger partial charge in [0.05, 0.1) is 0 Å². The zero-order chi connectivity index (χ0) is 22.9. The lowest BCUT2D eigenvalue weighted by molar-refractivity contribution is -0.592. The molecule has 3 heterocycles. The molecule has 0 radical (unpaired) electrons. The fraction of sp³-hybridized carbons (Fsp3) is 0.107. The second-order valence-electron chi connectivity index (χ2n) is 8.48. The van der Waals surface area contributed by atoms with Gasteiger partial charge >= 0.3 is 0 Å². The predicted octanol–water partition coefficient (Wildman–Crippen LogP) is 6.48. The summed E-state index contributed by atoms with van der Waals surface area (Å²) in [5.41, 5.74) is 12.2. The highest BCUT2D eigenvalue weighted by Crippen LogP contribution is 2.33. The van der Waals surface area contributed by atoms with E-state index in [9.17, 15) is 0 Å². The van der Waals surface area contributed by atoms with E-state index in [1.807, 2.05) is 24.5 Å². The second-order valence-corrected chi connectivity index (χ2v) is 8.48. The van der Waals surface area contributed by atoms with Gasteiger partial charge in [0.2, 0.25) is 5.69 Å². The van der Waals surface area contributed by atoms with Gasteiger partial charge < -0.3 is 0 Å². The Labute approximate surface area is 196 Å². The van der Waals surface area contributed by atoms with Crippen molar-refractivity contribution < 1.29 is 4.57 Å². The Morgan fingerprint density at radius 2 is 1.32 bits per heavy atom. The van der Waals surface area contributed by atoms with Crippen LogP contribution in [0.15, 0.2) is 103 Å². The Balaban J connectivity index is 1.40. The van der Waals surface area contributed by atoms with Gasteiger partial charge in [-0.2, -0.15) is 4.57 Å². The van der Waals surface area contributed by atoms with Crippen LogP contribution in [-0.4, -0.2) is 16.5 Å². The zero-order valence-corrected chi connectivity index (χ0v) is 18.4. The van der Waals surface area contributed by atoms with Crippen molar-refractivity contribution in [2.75, 3.05) is 6.54 Å². The number of azide groups is 1. The standard InChI is InChI=1S/C28H21N6/c29-33-32-14-11-26(20-9-12-30-13-10-20)19-5-7-25(8-6-19)34-17-23-3-1-21-15-31-16-22-2-4-24(18-34)28(23)27(21)22/h1-10,12-13,15-18,26H,11,14H2/q+1. The van der Waals surface area contributed by atoms with E-state index in [4.69, 9.17) is 5.53 Å². The maximum atomic E-state index is 8.70. The lowest BCUT2D eigenvalue weighted by Gasteiger charge is -2.17. The molecule has 1 atom stereocenters. The van der Waals surface area contributed by atoms with Crippen molar-refractivity contribution in [3.8, 4) is 5.69 Å². The minimum Gasteiger partial charge on any atom is -0.265 e. The SMILES string of the molecule is [N-]=[N+]=NCCC(c1ccncc1)c1ccc(-[n+]2cc3ccc4cncc5ccc(c2)c3c45)cc1. The van der Waals surface area contributed by atoms with E-state index in [0.717, 1.165) is 12.1 Å². The summed E-state index contributed by atoms with van der Waals surface area (Å²) in [4.78, 5) is 11.4. The molecular weight excluding hydrogens is 420 g/mol. The molecule has 0 bridgehead atoms. The molecular formula is C28H21N6+. The van der Waals surface area contributed by atoms with E-state index in [0.29, 0.717) is 6.54 Å². The van der Waals surface area contributed by atoms with Crippen molar-refractivity contribution in [1.82, 2.24) is 9.97 Å². The smallest absolute Gasteiger partial charge is 0.210 e. The van der Waals surface area contributed by atoms with Crippen LogP contribution in [0.5, 0.6) is 0 Å². The van der Waals surface area contributed by atoms with E-state index < -0.39 is 0 Å². The molecule has 1 unspecified atom stereocenters. The molecule has 0 aliphatic carbocycles. The van der Waals surface area contributed by atoms with E-state index in [-0.39, 0.29) is 5.92 Å². The highest BCUT2D eigenvalue weighted by atomic mass is 15.1. The molecule has 0 spiro atoms. The van der Waals surface area contributed by atoms with Crippen LogP contribution in [0.25, 0.3) is 48.4 Å². The number of rotatable bonds is 6. The van der Waals surface area contributed by atoms with E-state index in [1.54, 1.807) is 12.4 Å². The molecule has 6 nitrogen and oxygen atoms in total. The van der Waals surface area contributed by atoms with Gasteiger partial charge in [-0.05, 0) is 47.3 Å². The summed E-state index contributed by atoms with van der Waals surface area (Å²) in [5, 5.41) is 11.0. The molecule has 162 valence electrons. The molecule has 6 rings (SSSR count). The minimum atomic E-state index is 0.145. The van der Waals surface area contributed by atoms with Gasteiger partial charge in [-0.25, -0.2) is 0 Å². The van der Waals surface area contributed by atoms with Gasteiger partial charge in [0, 0.05) is 86.6 Å². The van der Waals surface area contributed by atoms with Gasteiger partial charge in [0.1, 0.15) is 0 Å². The summed E-state index contributed by atoms with van der Waals surface area (Å²) < 4.78 is 2.19. The van der Waals surface area contributed by atoms with Gasteiger partial charge in [0.15, 0.2) is 12.4 Å².